The second-order valence-corrected chi connectivity index (χ2v) is 3.43. The monoisotopic (exact) mass is 153 g/mol. The maximum atomic E-state index is 10.4. The lowest BCUT2D eigenvalue weighted by Crippen LogP contribution is -2.14. The fourth-order valence-corrected chi connectivity index (χ4v) is 0.873. The number of H-pyrrole nitrogens is 1. The van der Waals surface area contributed by atoms with Crippen LogP contribution in [0.4, 0.5) is 0 Å². The minimum atomic E-state index is -0.122. The molecule has 0 radical (unpaired) electrons. The molecule has 0 bridgehead atoms. The lowest BCUT2D eigenvalue weighted by Gasteiger charge is -2.13. The maximum Gasteiger partial charge on any atom is 0.172 e. The van der Waals surface area contributed by atoms with E-state index in [1.807, 2.05) is 20.8 Å². The number of aldehydes is 1. The lowest BCUT2D eigenvalue weighted by atomic mass is 9.91. The second-order valence-electron chi connectivity index (χ2n) is 3.43. The zero-order valence-corrected chi connectivity index (χ0v) is 6.88. The molecule has 0 saturated carbocycles. The van der Waals surface area contributed by atoms with E-state index >= 15 is 0 Å². The lowest BCUT2D eigenvalue weighted by molar-refractivity contribution is 0.111. The fraction of sp³-hybridized carbons (Fsp3) is 0.571. The van der Waals surface area contributed by atoms with E-state index in [-0.39, 0.29) is 5.41 Å². The van der Waals surface area contributed by atoms with E-state index in [4.69, 9.17) is 0 Å². The average Bonchev–Trinajstić information content (AvgIpc) is 2.31. The zero-order chi connectivity index (χ0) is 8.48. The van der Waals surface area contributed by atoms with Gasteiger partial charge in [0.1, 0.15) is 5.69 Å². The quantitative estimate of drug-likeness (QED) is 0.610. The molecule has 0 amide bonds. The Kier molecular flexibility index (Phi) is 1.76. The van der Waals surface area contributed by atoms with Crippen LogP contribution in [0, 0.1) is 0 Å². The highest BCUT2D eigenvalue weighted by atomic mass is 16.1. The van der Waals surface area contributed by atoms with E-state index in [9.17, 15) is 4.79 Å². The van der Waals surface area contributed by atoms with Crippen LogP contribution in [0.5, 0.6) is 0 Å². The van der Waals surface area contributed by atoms with Gasteiger partial charge in [-0.3, -0.25) is 4.79 Å². The van der Waals surface area contributed by atoms with Gasteiger partial charge in [-0.2, -0.15) is 15.4 Å². The molecule has 0 aliphatic carbocycles. The summed E-state index contributed by atoms with van der Waals surface area (Å²) in [5.41, 5.74) is 0.994. The highest BCUT2D eigenvalue weighted by molar-refractivity contribution is 5.73. The molecule has 0 atom stereocenters. The van der Waals surface area contributed by atoms with Crippen LogP contribution in [0.1, 0.15) is 37.0 Å². The number of rotatable bonds is 1. The number of nitrogens with one attached hydrogen (secondary N) is 1. The van der Waals surface area contributed by atoms with Gasteiger partial charge >= 0.3 is 0 Å². The number of aromatic nitrogens is 3. The first-order chi connectivity index (χ1) is 5.05. The molecule has 1 heterocycles. The van der Waals surface area contributed by atoms with E-state index in [1.54, 1.807) is 0 Å². The molecule has 1 aromatic heterocycles. The van der Waals surface area contributed by atoms with Crippen LogP contribution in [0.3, 0.4) is 0 Å². The first kappa shape index (κ1) is 7.91. The van der Waals surface area contributed by atoms with Crippen LogP contribution in [0.2, 0.25) is 0 Å². The SMILES string of the molecule is CC(C)(C)c1n[nH]nc1C=O. The Morgan fingerprint density at radius 3 is 2.36 bits per heavy atom. The van der Waals surface area contributed by atoms with Crippen molar-refractivity contribution in [3.8, 4) is 0 Å². The van der Waals surface area contributed by atoms with Crippen LogP contribution in [-0.2, 0) is 5.41 Å². The third-order valence-corrected chi connectivity index (χ3v) is 1.40. The number of hydrogen-bond acceptors (Lipinski definition) is 3. The van der Waals surface area contributed by atoms with Gasteiger partial charge in [0.25, 0.3) is 0 Å². The Morgan fingerprint density at radius 2 is 2.00 bits per heavy atom. The summed E-state index contributed by atoms with van der Waals surface area (Å²) in [6.45, 7) is 5.95. The van der Waals surface area contributed by atoms with E-state index in [0.29, 0.717) is 17.7 Å². The molecule has 4 nitrogen and oxygen atoms in total. The van der Waals surface area contributed by atoms with Crippen molar-refractivity contribution in [1.29, 1.82) is 0 Å². The molecule has 0 aromatic carbocycles. The Labute approximate surface area is 65.0 Å². The van der Waals surface area contributed by atoms with Crippen LogP contribution in [0.15, 0.2) is 0 Å². The van der Waals surface area contributed by atoms with E-state index in [2.05, 4.69) is 15.4 Å². The topological polar surface area (TPSA) is 58.6 Å². The van der Waals surface area contributed by atoms with Crippen LogP contribution in [0.25, 0.3) is 0 Å². The van der Waals surface area contributed by atoms with Crippen molar-refractivity contribution in [2.24, 2.45) is 0 Å². The first-order valence-corrected chi connectivity index (χ1v) is 3.42. The Hall–Kier alpha value is -1.19. The van der Waals surface area contributed by atoms with Gasteiger partial charge in [0.15, 0.2) is 6.29 Å². The largest absolute Gasteiger partial charge is 0.296 e. The molecule has 0 spiro atoms. The Bertz CT molecular complexity index is 259. The molecule has 0 unspecified atom stereocenters. The first-order valence-electron chi connectivity index (χ1n) is 3.42. The van der Waals surface area contributed by atoms with Gasteiger partial charge in [-0.1, -0.05) is 20.8 Å². The van der Waals surface area contributed by atoms with Gasteiger partial charge in [-0.05, 0) is 0 Å². The number of carbonyl (C=O) groups excluding carboxylic acids is 1. The van der Waals surface area contributed by atoms with Gasteiger partial charge in [-0.15, -0.1) is 0 Å². The highest BCUT2D eigenvalue weighted by Crippen LogP contribution is 2.20. The number of nitrogens with zero attached hydrogens (tertiary/aromatic N) is 2. The predicted molar refractivity (Wildman–Crippen MR) is 40.5 cm³/mol. The third-order valence-electron chi connectivity index (χ3n) is 1.40. The van der Waals surface area contributed by atoms with Crippen LogP contribution >= 0.6 is 0 Å². The summed E-state index contributed by atoms with van der Waals surface area (Å²) in [7, 11) is 0. The third kappa shape index (κ3) is 1.45. The Balaban J connectivity index is 3.12. The number of aromatic amines is 1. The summed E-state index contributed by atoms with van der Waals surface area (Å²) in [6, 6.07) is 0. The van der Waals surface area contributed by atoms with Crippen molar-refractivity contribution in [1.82, 2.24) is 15.4 Å². The molecule has 60 valence electrons. The van der Waals surface area contributed by atoms with Crippen molar-refractivity contribution in [2.45, 2.75) is 26.2 Å². The summed E-state index contributed by atoms with van der Waals surface area (Å²) >= 11 is 0. The standard InChI is InChI=1S/C7H11N3O/c1-7(2,3)6-5(4-11)8-10-9-6/h4H,1-3H3,(H,8,9,10). The van der Waals surface area contributed by atoms with Crippen molar-refractivity contribution in [3.63, 3.8) is 0 Å². The maximum absolute atomic E-state index is 10.4. The zero-order valence-electron chi connectivity index (χ0n) is 6.88. The smallest absolute Gasteiger partial charge is 0.172 e. The molecule has 4 heteroatoms. The van der Waals surface area contributed by atoms with E-state index in [1.165, 1.54) is 0 Å². The summed E-state index contributed by atoms with van der Waals surface area (Å²) in [5, 5.41) is 10.0. The molecule has 0 aliphatic heterocycles. The molecule has 0 saturated heterocycles. The molecule has 0 fully saturated rings. The highest BCUT2D eigenvalue weighted by Gasteiger charge is 2.21. The summed E-state index contributed by atoms with van der Waals surface area (Å²) in [4.78, 5) is 10.4. The minimum Gasteiger partial charge on any atom is -0.296 e. The van der Waals surface area contributed by atoms with Crippen molar-refractivity contribution < 1.29 is 4.79 Å². The van der Waals surface area contributed by atoms with Crippen LogP contribution < -0.4 is 0 Å². The Morgan fingerprint density at radius 1 is 1.36 bits per heavy atom. The fourth-order valence-electron chi connectivity index (χ4n) is 0.873. The molecule has 1 rings (SSSR count). The normalized spacial score (nSPS) is 11.5. The summed E-state index contributed by atoms with van der Waals surface area (Å²) < 4.78 is 0. The van der Waals surface area contributed by atoms with E-state index < -0.39 is 0 Å². The van der Waals surface area contributed by atoms with E-state index in [0.717, 1.165) is 0 Å². The van der Waals surface area contributed by atoms with Gasteiger partial charge in [-0.25, -0.2) is 0 Å². The minimum absolute atomic E-state index is 0.122. The van der Waals surface area contributed by atoms with Gasteiger partial charge in [0.2, 0.25) is 0 Å². The molecular weight excluding hydrogens is 142 g/mol. The molecule has 1 aromatic rings. The second kappa shape index (κ2) is 2.45. The summed E-state index contributed by atoms with van der Waals surface area (Å²) in [5.74, 6) is 0. The van der Waals surface area contributed by atoms with Gasteiger partial charge in [0.05, 0.1) is 5.69 Å². The number of hydrogen-bond donors (Lipinski definition) is 1. The predicted octanol–water partition coefficient (Wildman–Crippen LogP) is 0.915. The number of carbonyl (C=O) groups is 1. The van der Waals surface area contributed by atoms with Crippen molar-refractivity contribution in [3.05, 3.63) is 11.4 Å². The molecule has 0 aliphatic rings. The van der Waals surface area contributed by atoms with Crippen molar-refractivity contribution >= 4 is 6.29 Å². The molecular formula is C7H11N3O. The summed E-state index contributed by atoms with van der Waals surface area (Å²) in [6.07, 6.45) is 0.712. The molecule has 11 heavy (non-hydrogen) atoms. The van der Waals surface area contributed by atoms with Crippen molar-refractivity contribution in [2.75, 3.05) is 0 Å². The van der Waals surface area contributed by atoms with Gasteiger partial charge in [0, 0.05) is 5.41 Å². The van der Waals surface area contributed by atoms with Crippen LogP contribution in [-0.4, -0.2) is 21.7 Å². The molecule has 1 N–H and O–H groups in total. The van der Waals surface area contributed by atoms with Gasteiger partial charge < -0.3 is 0 Å². The average molecular weight is 153 g/mol.